The molecule has 0 radical (unpaired) electrons. The van der Waals surface area contributed by atoms with E-state index in [9.17, 15) is 0 Å². The van der Waals surface area contributed by atoms with Crippen molar-refractivity contribution >= 4 is 12.2 Å². The molecule has 13 heavy (non-hydrogen) atoms. The Morgan fingerprint density at radius 3 is 2.54 bits per heavy atom. The maximum absolute atomic E-state index is 4.19. The maximum atomic E-state index is 4.19. The molecule has 0 saturated carbocycles. The summed E-state index contributed by atoms with van der Waals surface area (Å²) in [5.41, 5.74) is 0. The molecule has 68 valence electrons. The molecule has 0 aliphatic heterocycles. The van der Waals surface area contributed by atoms with E-state index in [1.807, 2.05) is 26.0 Å². The summed E-state index contributed by atoms with van der Waals surface area (Å²) >= 11 is 0. The summed E-state index contributed by atoms with van der Waals surface area (Å²) in [4.78, 5) is 8.37. The zero-order valence-corrected chi connectivity index (χ0v) is 8.07. The molecule has 2 rings (SSSR count). The summed E-state index contributed by atoms with van der Waals surface area (Å²) < 4.78 is 0. The van der Waals surface area contributed by atoms with Crippen molar-refractivity contribution in [3.05, 3.63) is 35.2 Å². The van der Waals surface area contributed by atoms with Crippen LogP contribution in [0.5, 0.6) is 0 Å². The van der Waals surface area contributed by atoms with Crippen LogP contribution in [0.1, 0.15) is 20.3 Å². The fraction of sp³-hybridized carbons (Fsp3) is 0.273. The SMILES string of the molecule is C1=CCC=c2nccnc2=C1.CC. The van der Waals surface area contributed by atoms with Gasteiger partial charge in [-0.05, 0) is 12.5 Å². The van der Waals surface area contributed by atoms with Crippen molar-refractivity contribution in [3.63, 3.8) is 0 Å². The Morgan fingerprint density at radius 1 is 1.08 bits per heavy atom. The van der Waals surface area contributed by atoms with E-state index in [1.54, 1.807) is 12.4 Å². The number of aromatic nitrogens is 2. The van der Waals surface area contributed by atoms with Gasteiger partial charge < -0.3 is 0 Å². The van der Waals surface area contributed by atoms with E-state index < -0.39 is 0 Å². The van der Waals surface area contributed by atoms with Gasteiger partial charge in [0.05, 0.1) is 10.7 Å². The molecule has 0 N–H and O–H groups in total. The Labute approximate surface area is 78.4 Å². The van der Waals surface area contributed by atoms with Crippen LogP contribution in [0.15, 0.2) is 24.5 Å². The smallest absolute Gasteiger partial charge is 0.0883 e. The Hall–Kier alpha value is -1.44. The van der Waals surface area contributed by atoms with Gasteiger partial charge in [-0.1, -0.05) is 32.1 Å². The number of fused-ring (bicyclic) bond motifs is 1. The number of nitrogens with zero attached hydrogens (tertiary/aromatic N) is 2. The maximum Gasteiger partial charge on any atom is 0.0883 e. The molecule has 2 heteroatoms. The molecule has 2 nitrogen and oxygen atoms in total. The van der Waals surface area contributed by atoms with Gasteiger partial charge in [-0.25, -0.2) is 0 Å². The van der Waals surface area contributed by atoms with Crippen LogP contribution in [0.25, 0.3) is 12.2 Å². The molecule has 0 atom stereocenters. The Morgan fingerprint density at radius 2 is 1.77 bits per heavy atom. The molecule has 0 fully saturated rings. The fourth-order valence-electron chi connectivity index (χ4n) is 1.06. The number of allylic oxidation sites excluding steroid dienone is 2. The van der Waals surface area contributed by atoms with Gasteiger partial charge in [0, 0.05) is 12.4 Å². The van der Waals surface area contributed by atoms with Gasteiger partial charge in [0.15, 0.2) is 0 Å². The highest BCUT2D eigenvalue weighted by Gasteiger charge is 1.87. The molecule has 0 aromatic carbocycles. The molecule has 1 aliphatic rings. The van der Waals surface area contributed by atoms with Crippen molar-refractivity contribution in [2.24, 2.45) is 0 Å². The number of rotatable bonds is 0. The minimum atomic E-state index is 0.947. The molecule has 0 unspecified atom stereocenters. The van der Waals surface area contributed by atoms with Gasteiger partial charge in [-0.3, -0.25) is 9.97 Å². The summed E-state index contributed by atoms with van der Waals surface area (Å²) in [6.45, 7) is 4.00. The minimum absolute atomic E-state index is 0.947. The van der Waals surface area contributed by atoms with E-state index in [0.717, 1.165) is 17.1 Å². The Bertz CT molecular complexity index is 391. The van der Waals surface area contributed by atoms with Crippen molar-refractivity contribution in [2.45, 2.75) is 20.3 Å². The Balaban J connectivity index is 0.000000396. The molecule has 0 amide bonds. The summed E-state index contributed by atoms with van der Waals surface area (Å²) in [7, 11) is 0. The largest absolute Gasteiger partial charge is 0.253 e. The van der Waals surface area contributed by atoms with Gasteiger partial charge >= 0.3 is 0 Å². The van der Waals surface area contributed by atoms with E-state index in [4.69, 9.17) is 0 Å². The van der Waals surface area contributed by atoms with Crippen molar-refractivity contribution in [1.82, 2.24) is 9.97 Å². The average Bonchev–Trinajstić information content (AvgIpc) is 2.45. The van der Waals surface area contributed by atoms with E-state index in [0.29, 0.717) is 0 Å². The molecule has 0 saturated heterocycles. The molecular formula is C11H14N2. The molecule has 1 aliphatic carbocycles. The van der Waals surface area contributed by atoms with E-state index in [1.165, 1.54) is 0 Å². The summed E-state index contributed by atoms with van der Waals surface area (Å²) in [6, 6.07) is 0. The predicted octanol–water partition coefficient (Wildman–Crippen LogP) is 1.02. The first-order chi connectivity index (χ1) is 6.47. The third-order valence-corrected chi connectivity index (χ3v) is 1.59. The molecule has 1 heterocycles. The topological polar surface area (TPSA) is 25.8 Å². The van der Waals surface area contributed by atoms with Gasteiger partial charge in [0.2, 0.25) is 0 Å². The first kappa shape index (κ1) is 9.65. The normalized spacial score (nSPS) is 12.5. The van der Waals surface area contributed by atoms with Gasteiger partial charge in [0.25, 0.3) is 0 Å². The molecule has 1 aromatic heterocycles. The third kappa shape index (κ3) is 2.51. The summed E-state index contributed by atoms with van der Waals surface area (Å²) in [5.74, 6) is 0. The van der Waals surface area contributed by atoms with Crippen LogP contribution >= 0.6 is 0 Å². The van der Waals surface area contributed by atoms with Crippen LogP contribution in [0.3, 0.4) is 0 Å². The molecule has 0 bridgehead atoms. The second-order valence-electron chi connectivity index (χ2n) is 2.36. The quantitative estimate of drug-likeness (QED) is 0.587. The van der Waals surface area contributed by atoms with Crippen LogP contribution in [-0.4, -0.2) is 9.97 Å². The van der Waals surface area contributed by atoms with Gasteiger partial charge in [-0.2, -0.15) is 0 Å². The summed E-state index contributed by atoms with van der Waals surface area (Å²) in [5, 5.41) is 1.94. The molecule has 1 aromatic rings. The predicted molar refractivity (Wildman–Crippen MR) is 55.3 cm³/mol. The lowest BCUT2D eigenvalue weighted by atomic mass is 10.4. The first-order valence-corrected chi connectivity index (χ1v) is 4.61. The lowest BCUT2D eigenvalue weighted by molar-refractivity contribution is 1.09. The average molecular weight is 174 g/mol. The van der Waals surface area contributed by atoms with Crippen LogP contribution in [0.2, 0.25) is 0 Å². The lowest BCUT2D eigenvalue weighted by Crippen LogP contribution is -2.29. The van der Waals surface area contributed by atoms with Crippen LogP contribution in [0, 0.1) is 0 Å². The number of hydrogen-bond acceptors (Lipinski definition) is 2. The highest BCUT2D eigenvalue weighted by Crippen LogP contribution is 1.85. The standard InChI is InChI=1S/C9H8N2.C2H6/c1-2-4-8-9(5-3-1)11-7-6-10-8;1-2/h1-2,4-7H,3H2;1-2H3. The second-order valence-corrected chi connectivity index (χ2v) is 2.36. The molecular weight excluding hydrogens is 160 g/mol. The Kier molecular flexibility index (Phi) is 3.89. The third-order valence-electron chi connectivity index (χ3n) is 1.59. The zero-order valence-electron chi connectivity index (χ0n) is 8.07. The number of hydrogen-bond donors (Lipinski definition) is 0. The van der Waals surface area contributed by atoms with Crippen LogP contribution in [-0.2, 0) is 0 Å². The van der Waals surface area contributed by atoms with Gasteiger partial charge in [0.1, 0.15) is 0 Å². The highest BCUT2D eigenvalue weighted by atomic mass is 14.8. The minimum Gasteiger partial charge on any atom is -0.253 e. The fourth-order valence-corrected chi connectivity index (χ4v) is 1.06. The monoisotopic (exact) mass is 174 g/mol. The van der Waals surface area contributed by atoms with E-state index >= 15 is 0 Å². The molecule has 0 spiro atoms. The van der Waals surface area contributed by atoms with Crippen LogP contribution in [0.4, 0.5) is 0 Å². The van der Waals surface area contributed by atoms with Crippen LogP contribution < -0.4 is 10.7 Å². The van der Waals surface area contributed by atoms with Crippen molar-refractivity contribution in [2.75, 3.05) is 0 Å². The van der Waals surface area contributed by atoms with Gasteiger partial charge in [-0.15, -0.1) is 0 Å². The van der Waals surface area contributed by atoms with E-state index in [2.05, 4.69) is 22.1 Å². The highest BCUT2D eigenvalue weighted by molar-refractivity contribution is 5.40. The lowest BCUT2D eigenvalue weighted by Gasteiger charge is -1.84. The van der Waals surface area contributed by atoms with Crippen molar-refractivity contribution in [1.29, 1.82) is 0 Å². The van der Waals surface area contributed by atoms with Crippen molar-refractivity contribution in [3.8, 4) is 0 Å². The van der Waals surface area contributed by atoms with E-state index in [-0.39, 0.29) is 0 Å². The second kappa shape index (κ2) is 5.25. The zero-order chi connectivity index (χ0) is 9.52. The summed E-state index contributed by atoms with van der Waals surface area (Å²) in [6.07, 6.45) is 12.5. The first-order valence-electron chi connectivity index (χ1n) is 4.61. The van der Waals surface area contributed by atoms with Crippen molar-refractivity contribution < 1.29 is 0 Å².